The van der Waals surface area contributed by atoms with Crippen LogP contribution in [0.4, 0.5) is 10.2 Å². The van der Waals surface area contributed by atoms with Gasteiger partial charge in [-0.1, -0.05) is 0 Å². The Kier molecular flexibility index (Phi) is 5.68. The zero-order chi connectivity index (χ0) is 20.1. The molecule has 30 heavy (non-hydrogen) atoms. The molecule has 2 aromatic heterocycles. The number of benzene rings is 1. The first-order chi connectivity index (χ1) is 14.0. The molecule has 1 aliphatic carbocycles. The molecule has 1 amide bonds. The molecule has 5 rings (SSSR count). The number of carbonyl (C=O) groups excluding carboxylic acids is 1. The molecule has 0 bridgehead atoms. The average Bonchev–Trinajstić information content (AvgIpc) is 3.54. The molecular formula is C22H24ClFN4OS. The Hall–Kier alpha value is -2.25. The van der Waals surface area contributed by atoms with Crippen LogP contribution < -0.4 is 4.90 Å². The van der Waals surface area contributed by atoms with Gasteiger partial charge in [0.15, 0.2) is 0 Å². The van der Waals surface area contributed by atoms with E-state index in [2.05, 4.69) is 18.7 Å². The Labute approximate surface area is 185 Å². The van der Waals surface area contributed by atoms with Crippen LogP contribution in [-0.4, -0.2) is 47.0 Å². The first-order valence-electron chi connectivity index (χ1n) is 10.1. The predicted molar refractivity (Wildman–Crippen MR) is 121 cm³/mol. The van der Waals surface area contributed by atoms with Crippen molar-refractivity contribution < 1.29 is 9.18 Å². The minimum absolute atomic E-state index is 0. The Morgan fingerprint density at radius 1 is 1.07 bits per heavy atom. The summed E-state index contributed by atoms with van der Waals surface area (Å²) in [6.45, 7) is 7.01. The van der Waals surface area contributed by atoms with E-state index in [9.17, 15) is 9.18 Å². The lowest BCUT2D eigenvalue weighted by atomic mass is 10.1. The number of amides is 1. The zero-order valence-electron chi connectivity index (χ0n) is 17.0. The SMILES string of the molecule is Cc1sc2nc(C3CC3)nc(N3CCN(C(=O)c4ccc(F)cc4)CC3)c2c1C.Cl. The third-order valence-corrected chi connectivity index (χ3v) is 7.03. The highest BCUT2D eigenvalue weighted by atomic mass is 35.5. The lowest BCUT2D eigenvalue weighted by Gasteiger charge is -2.36. The van der Waals surface area contributed by atoms with Crippen LogP contribution >= 0.6 is 23.7 Å². The van der Waals surface area contributed by atoms with Gasteiger partial charge in [0, 0.05) is 42.5 Å². The number of aromatic nitrogens is 2. The summed E-state index contributed by atoms with van der Waals surface area (Å²) >= 11 is 1.75. The van der Waals surface area contributed by atoms with E-state index in [1.807, 2.05) is 4.90 Å². The first-order valence-corrected chi connectivity index (χ1v) is 10.9. The maximum atomic E-state index is 13.1. The van der Waals surface area contributed by atoms with E-state index in [1.54, 1.807) is 23.5 Å². The number of aryl methyl sites for hydroxylation is 2. The standard InChI is InChI=1S/C22H23FN4OS.ClH/c1-13-14(2)29-21-18(13)20(24-19(25-21)15-3-4-15)26-9-11-27(12-10-26)22(28)16-5-7-17(23)8-6-16;/h5-8,15H,3-4,9-12H2,1-2H3;1H. The van der Waals surface area contributed by atoms with Crippen molar-refractivity contribution in [2.45, 2.75) is 32.6 Å². The van der Waals surface area contributed by atoms with Gasteiger partial charge in [0.1, 0.15) is 22.3 Å². The topological polar surface area (TPSA) is 49.3 Å². The van der Waals surface area contributed by atoms with Crippen LogP contribution in [-0.2, 0) is 0 Å². The van der Waals surface area contributed by atoms with E-state index in [-0.39, 0.29) is 24.1 Å². The van der Waals surface area contributed by atoms with Crippen LogP contribution in [0.5, 0.6) is 0 Å². The summed E-state index contributed by atoms with van der Waals surface area (Å²) in [4.78, 5) is 29.1. The summed E-state index contributed by atoms with van der Waals surface area (Å²) < 4.78 is 13.1. The van der Waals surface area contributed by atoms with Gasteiger partial charge in [-0.3, -0.25) is 4.79 Å². The number of piperazine rings is 1. The second-order valence-electron chi connectivity index (χ2n) is 7.93. The Morgan fingerprint density at radius 3 is 2.37 bits per heavy atom. The number of halogens is 2. The quantitative estimate of drug-likeness (QED) is 0.584. The molecule has 1 aromatic carbocycles. The van der Waals surface area contributed by atoms with Crippen molar-refractivity contribution in [2.24, 2.45) is 0 Å². The van der Waals surface area contributed by atoms with Gasteiger partial charge < -0.3 is 9.80 Å². The zero-order valence-corrected chi connectivity index (χ0v) is 18.7. The van der Waals surface area contributed by atoms with Crippen molar-refractivity contribution in [1.82, 2.24) is 14.9 Å². The third-order valence-electron chi connectivity index (χ3n) is 5.93. The molecular weight excluding hydrogens is 423 g/mol. The van der Waals surface area contributed by atoms with E-state index in [4.69, 9.17) is 9.97 Å². The van der Waals surface area contributed by atoms with Crippen LogP contribution in [0.1, 0.15) is 45.4 Å². The smallest absolute Gasteiger partial charge is 0.253 e. The molecule has 0 atom stereocenters. The molecule has 5 nitrogen and oxygen atoms in total. The monoisotopic (exact) mass is 446 g/mol. The number of rotatable bonds is 3. The second kappa shape index (κ2) is 8.12. The number of anilines is 1. The minimum atomic E-state index is -0.327. The van der Waals surface area contributed by atoms with E-state index in [0.717, 1.165) is 34.9 Å². The maximum absolute atomic E-state index is 13.1. The molecule has 1 aliphatic heterocycles. The normalized spacial score (nSPS) is 16.6. The van der Waals surface area contributed by atoms with E-state index < -0.39 is 0 Å². The fourth-order valence-corrected chi connectivity index (χ4v) is 4.92. The summed E-state index contributed by atoms with van der Waals surface area (Å²) in [6.07, 6.45) is 2.35. The average molecular weight is 447 g/mol. The molecule has 2 fully saturated rings. The number of hydrogen-bond donors (Lipinski definition) is 0. The van der Waals surface area contributed by atoms with Crippen molar-refractivity contribution in [3.05, 3.63) is 51.9 Å². The van der Waals surface area contributed by atoms with Crippen LogP contribution in [0.2, 0.25) is 0 Å². The molecule has 0 unspecified atom stereocenters. The molecule has 3 heterocycles. The number of fused-ring (bicyclic) bond motifs is 1. The Balaban J connectivity index is 0.00000218. The molecule has 1 saturated carbocycles. The first kappa shape index (κ1) is 21.0. The highest BCUT2D eigenvalue weighted by Crippen LogP contribution is 2.42. The molecule has 0 N–H and O–H groups in total. The summed E-state index contributed by atoms with van der Waals surface area (Å²) in [6, 6.07) is 5.78. The summed E-state index contributed by atoms with van der Waals surface area (Å²) in [5.74, 6) is 2.12. The highest BCUT2D eigenvalue weighted by Gasteiger charge is 2.31. The van der Waals surface area contributed by atoms with E-state index in [0.29, 0.717) is 24.6 Å². The summed E-state index contributed by atoms with van der Waals surface area (Å²) in [5.41, 5.74) is 1.79. The minimum Gasteiger partial charge on any atom is -0.352 e. The largest absolute Gasteiger partial charge is 0.352 e. The van der Waals surface area contributed by atoms with Crippen molar-refractivity contribution in [2.75, 3.05) is 31.1 Å². The predicted octanol–water partition coefficient (Wildman–Crippen LogP) is 4.71. The number of carbonyl (C=O) groups is 1. The fourth-order valence-electron chi connectivity index (χ4n) is 3.89. The Bertz CT molecular complexity index is 1090. The third kappa shape index (κ3) is 3.76. The Morgan fingerprint density at radius 2 is 1.73 bits per heavy atom. The van der Waals surface area contributed by atoms with Crippen molar-refractivity contribution in [1.29, 1.82) is 0 Å². The number of nitrogens with zero attached hydrogens (tertiary/aromatic N) is 4. The van der Waals surface area contributed by atoms with Gasteiger partial charge >= 0.3 is 0 Å². The van der Waals surface area contributed by atoms with Gasteiger partial charge in [0.05, 0.1) is 5.39 Å². The van der Waals surface area contributed by atoms with Gasteiger partial charge in [-0.25, -0.2) is 14.4 Å². The van der Waals surface area contributed by atoms with Crippen molar-refractivity contribution in [3.8, 4) is 0 Å². The van der Waals surface area contributed by atoms with E-state index >= 15 is 0 Å². The van der Waals surface area contributed by atoms with Crippen LogP contribution in [0, 0.1) is 19.7 Å². The van der Waals surface area contributed by atoms with Gasteiger partial charge in [0.2, 0.25) is 0 Å². The maximum Gasteiger partial charge on any atom is 0.253 e. The second-order valence-corrected chi connectivity index (χ2v) is 9.13. The summed E-state index contributed by atoms with van der Waals surface area (Å²) in [7, 11) is 0. The molecule has 8 heteroatoms. The lowest BCUT2D eigenvalue weighted by molar-refractivity contribution is 0.0746. The van der Waals surface area contributed by atoms with Gasteiger partial charge in [-0.2, -0.15) is 0 Å². The lowest BCUT2D eigenvalue weighted by Crippen LogP contribution is -2.49. The fraction of sp³-hybridized carbons (Fsp3) is 0.409. The number of thiophene rings is 1. The molecule has 1 saturated heterocycles. The molecule has 2 aliphatic rings. The van der Waals surface area contributed by atoms with Crippen molar-refractivity contribution >= 4 is 45.7 Å². The van der Waals surface area contributed by atoms with Crippen LogP contribution in [0.15, 0.2) is 24.3 Å². The van der Waals surface area contributed by atoms with Crippen molar-refractivity contribution in [3.63, 3.8) is 0 Å². The number of hydrogen-bond acceptors (Lipinski definition) is 5. The molecule has 0 radical (unpaired) electrons. The van der Waals surface area contributed by atoms with Crippen LogP contribution in [0.3, 0.4) is 0 Å². The van der Waals surface area contributed by atoms with Gasteiger partial charge in [0.25, 0.3) is 5.91 Å². The van der Waals surface area contributed by atoms with Gasteiger partial charge in [-0.05, 0) is 56.5 Å². The molecule has 0 spiro atoms. The van der Waals surface area contributed by atoms with Crippen LogP contribution in [0.25, 0.3) is 10.2 Å². The molecule has 3 aromatic rings. The van der Waals surface area contributed by atoms with Gasteiger partial charge in [-0.15, -0.1) is 23.7 Å². The molecule has 158 valence electrons. The highest BCUT2D eigenvalue weighted by molar-refractivity contribution is 7.18. The van der Waals surface area contributed by atoms with E-state index in [1.165, 1.54) is 35.4 Å². The summed E-state index contributed by atoms with van der Waals surface area (Å²) in [5, 5.41) is 1.16.